The van der Waals surface area contributed by atoms with Crippen LogP contribution >= 0.6 is 36.1 Å². The van der Waals surface area contributed by atoms with Crippen LogP contribution in [0.4, 0.5) is 5.82 Å². The third-order valence-corrected chi connectivity index (χ3v) is 10.5. The molecule has 2 aromatic rings. The van der Waals surface area contributed by atoms with Gasteiger partial charge in [-0.3, -0.25) is 23.3 Å². The molecule has 2 amide bonds. The van der Waals surface area contributed by atoms with Gasteiger partial charge in [-0.25, -0.2) is 19.3 Å². The monoisotopic (exact) mass is 791 g/mol. The molecule has 3 rings (SSSR count). The fourth-order valence-corrected chi connectivity index (χ4v) is 7.42. The van der Waals surface area contributed by atoms with Crippen LogP contribution in [0.2, 0.25) is 0 Å². The fourth-order valence-electron chi connectivity index (χ4n) is 4.54. The van der Waals surface area contributed by atoms with Crippen LogP contribution in [0.1, 0.15) is 33.6 Å². The zero-order valence-electron chi connectivity index (χ0n) is 26.7. The number of aliphatic hydroxyl groups excluding tert-OH is 2. The Morgan fingerprint density at radius 3 is 2.44 bits per heavy atom. The molecule has 7 unspecified atom stereocenters. The van der Waals surface area contributed by atoms with Crippen LogP contribution < -0.4 is 35.9 Å². The van der Waals surface area contributed by atoms with Gasteiger partial charge in [0.05, 0.1) is 27.4 Å². The van der Waals surface area contributed by atoms with E-state index in [9.17, 15) is 53.1 Å². The minimum Gasteiger partial charge on any atom is -0.790 e. The molecule has 1 aliphatic rings. The number of thiol groups is 1. The summed E-state index contributed by atoms with van der Waals surface area (Å²) in [5.74, 6) is -0.861. The molecule has 23 nitrogen and oxygen atoms in total. The predicted octanol–water partition coefficient (Wildman–Crippen LogP) is -3.63. The highest BCUT2D eigenvalue weighted by Crippen LogP contribution is 2.56. The zero-order valence-corrected chi connectivity index (χ0v) is 30.3. The topological polar surface area (TPSA) is 358 Å². The molecule has 0 bridgehead atoms. The molecule has 0 saturated carbocycles. The number of nitrogens with zero attached hydrogens (tertiary/aromatic N) is 4. The van der Waals surface area contributed by atoms with E-state index in [2.05, 4.69) is 56.1 Å². The van der Waals surface area contributed by atoms with Crippen molar-refractivity contribution in [3.8, 4) is 0 Å². The lowest BCUT2D eigenvalue weighted by Crippen LogP contribution is -2.46. The van der Waals surface area contributed by atoms with Crippen LogP contribution in [0.25, 0.3) is 11.2 Å². The Kier molecular flexibility index (Phi) is 14.1. The summed E-state index contributed by atoms with van der Waals surface area (Å²) >= 11 is 4.02. The van der Waals surface area contributed by atoms with Crippen LogP contribution in [-0.2, 0) is 51.6 Å². The number of carbonyl (C=O) groups excluding carboxylic acids is 2. The maximum Gasteiger partial charge on any atom is 0.274 e. The Bertz CT molecular complexity index is 1660. The van der Waals surface area contributed by atoms with E-state index >= 15 is 0 Å². The van der Waals surface area contributed by atoms with Gasteiger partial charge in [-0.15, -0.1) is 0 Å². The van der Waals surface area contributed by atoms with Crippen molar-refractivity contribution in [1.82, 2.24) is 30.2 Å². The van der Waals surface area contributed by atoms with E-state index in [0.29, 0.717) is 18.7 Å². The third-order valence-electron chi connectivity index (χ3n) is 7.20. The number of hydrogen-bond acceptors (Lipinski definition) is 21. The standard InChI is InChI=1S/C23H40N7O16P3S/c1-22(2,18(33)21(34)26-7-5-14(31)25-6-4-8-50)10-43-49(40,41)46-48(38,39)42-9-13-16(45-47(35,36)37)17(32)23(3,44-13)30-12-29-15-19(24)27-11-28-20(15)30/h11-13,16-18,32-33,50H,4-10H2,1-3H3,(H,25,31)(H,26,34)(H,38,39)(H,40,41)(H2,24,27,28)(H2,35,36,37)/p-4. The van der Waals surface area contributed by atoms with E-state index in [1.165, 1.54) is 20.8 Å². The second-order valence-corrected chi connectivity index (χ2v) is 16.1. The van der Waals surface area contributed by atoms with E-state index in [-0.39, 0.29) is 35.9 Å². The van der Waals surface area contributed by atoms with Crippen molar-refractivity contribution in [3.05, 3.63) is 12.7 Å². The van der Waals surface area contributed by atoms with Gasteiger partial charge in [0.1, 0.15) is 36.3 Å². The van der Waals surface area contributed by atoms with Crippen molar-refractivity contribution >= 4 is 64.9 Å². The lowest BCUT2D eigenvalue weighted by Gasteiger charge is -2.36. The Morgan fingerprint density at radius 2 is 1.80 bits per heavy atom. The van der Waals surface area contributed by atoms with Crippen molar-refractivity contribution in [3.63, 3.8) is 0 Å². The van der Waals surface area contributed by atoms with Gasteiger partial charge in [-0.2, -0.15) is 12.6 Å². The molecule has 0 spiro atoms. The van der Waals surface area contributed by atoms with Gasteiger partial charge in [0, 0.05) is 24.9 Å². The number of carbonyl (C=O) groups is 2. The Balaban J connectivity index is 1.62. The Labute approximate surface area is 290 Å². The molecule has 1 aliphatic heterocycles. The average Bonchev–Trinajstić information content (AvgIpc) is 3.54. The molecule has 1 saturated heterocycles. The zero-order chi connectivity index (χ0) is 37.7. The van der Waals surface area contributed by atoms with Crippen molar-refractivity contribution in [2.24, 2.45) is 5.41 Å². The van der Waals surface area contributed by atoms with Crippen LogP contribution in [-0.4, -0.2) is 98.0 Å². The quantitative estimate of drug-likeness (QED) is 0.0454. The van der Waals surface area contributed by atoms with E-state index in [4.69, 9.17) is 10.5 Å². The number of anilines is 1. The number of aromatic nitrogens is 4. The van der Waals surface area contributed by atoms with E-state index in [0.717, 1.165) is 17.2 Å². The van der Waals surface area contributed by atoms with Crippen molar-refractivity contribution in [2.45, 2.75) is 63.8 Å². The largest absolute Gasteiger partial charge is 0.790 e. The van der Waals surface area contributed by atoms with Crippen LogP contribution in [0.15, 0.2) is 12.7 Å². The number of phosphoric acid groups is 3. The van der Waals surface area contributed by atoms with Crippen molar-refractivity contribution in [1.29, 1.82) is 0 Å². The average molecular weight is 792 g/mol. The number of nitrogen functional groups attached to an aromatic ring is 1. The number of phosphoric ester groups is 3. The molecule has 27 heteroatoms. The highest BCUT2D eigenvalue weighted by Gasteiger charge is 2.55. The molecule has 3 heterocycles. The first-order chi connectivity index (χ1) is 23.0. The molecule has 2 aromatic heterocycles. The van der Waals surface area contributed by atoms with Gasteiger partial charge in [-0.1, -0.05) is 13.8 Å². The van der Waals surface area contributed by atoms with Gasteiger partial charge in [0.2, 0.25) is 11.8 Å². The fraction of sp³-hybridized carbons (Fsp3) is 0.696. The number of amides is 2. The van der Waals surface area contributed by atoms with E-state index in [1.807, 2.05) is 0 Å². The van der Waals surface area contributed by atoms with Gasteiger partial charge < -0.3 is 69.0 Å². The summed E-state index contributed by atoms with van der Waals surface area (Å²) in [7, 11) is -17.6. The first-order valence-electron chi connectivity index (χ1n) is 14.5. The highest BCUT2D eigenvalue weighted by atomic mass is 32.1. The van der Waals surface area contributed by atoms with Crippen molar-refractivity contribution in [2.75, 3.05) is 37.8 Å². The number of hydrogen-bond donors (Lipinski definition) is 6. The maximum atomic E-state index is 12.5. The summed E-state index contributed by atoms with van der Waals surface area (Å²) in [4.78, 5) is 83.7. The van der Waals surface area contributed by atoms with E-state index < -0.39 is 78.1 Å². The smallest absolute Gasteiger partial charge is 0.274 e. The summed E-state index contributed by atoms with van der Waals surface area (Å²) < 4.78 is 60.8. The first-order valence-corrected chi connectivity index (χ1v) is 19.5. The lowest BCUT2D eigenvalue weighted by atomic mass is 9.87. The van der Waals surface area contributed by atoms with Crippen molar-refractivity contribution < 1.29 is 75.7 Å². The predicted molar refractivity (Wildman–Crippen MR) is 164 cm³/mol. The van der Waals surface area contributed by atoms with Crippen LogP contribution in [0.5, 0.6) is 0 Å². The van der Waals surface area contributed by atoms with Crippen LogP contribution in [0.3, 0.4) is 0 Å². The molecular weight excluding hydrogens is 755 g/mol. The minimum atomic E-state index is -5.90. The number of rotatable bonds is 19. The molecule has 1 fully saturated rings. The number of imidazole rings is 1. The second kappa shape index (κ2) is 16.7. The Morgan fingerprint density at radius 1 is 1.14 bits per heavy atom. The maximum absolute atomic E-state index is 12.5. The molecular formula is C23H36N7O16P3S-4. The minimum absolute atomic E-state index is 0.0255. The first kappa shape index (κ1) is 42.3. The third kappa shape index (κ3) is 11.2. The van der Waals surface area contributed by atoms with Gasteiger partial charge in [0.25, 0.3) is 15.6 Å². The molecule has 50 heavy (non-hydrogen) atoms. The summed E-state index contributed by atoms with van der Waals surface area (Å²) in [5, 5.41) is 26.3. The summed E-state index contributed by atoms with van der Waals surface area (Å²) in [6.45, 7) is 1.59. The lowest BCUT2D eigenvalue weighted by molar-refractivity contribution is -0.347. The van der Waals surface area contributed by atoms with Gasteiger partial charge >= 0.3 is 0 Å². The molecule has 284 valence electrons. The summed E-state index contributed by atoms with van der Waals surface area (Å²) in [5.41, 5.74) is 2.08. The number of nitrogens with two attached hydrogens (primary N) is 1. The number of nitrogens with one attached hydrogen (secondary N) is 2. The SMILES string of the molecule is CC(C)(COP(=O)([O-])OP(=O)([O-])OCC1OC(C)(n2cnc3c(N)ncnc32)C(O)C1OP(=O)([O-])[O-])C(O)C(=O)NCCC(=O)NCCCS. The molecule has 6 N–H and O–H groups in total. The second-order valence-electron chi connectivity index (χ2n) is 11.6. The molecule has 0 aliphatic carbocycles. The summed E-state index contributed by atoms with van der Waals surface area (Å²) in [6.07, 6.45) is -5.27. The molecule has 0 aromatic carbocycles. The normalized spacial score (nSPS) is 24.4. The number of fused-ring (bicyclic) bond motifs is 1. The highest BCUT2D eigenvalue weighted by molar-refractivity contribution is 7.80. The molecule has 7 atom stereocenters. The summed E-state index contributed by atoms with van der Waals surface area (Å²) in [6, 6.07) is 0. The number of ether oxygens (including phenoxy) is 1. The van der Waals surface area contributed by atoms with Gasteiger partial charge in [-0.05, 0) is 19.1 Å². The molecule has 0 radical (unpaired) electrons. The number of aliphatic hydroxyl groups is 2. The Hall–Kier alpha value is -2.11. The van der Waals surface area contributed by atoms with Crippen LogP contribution in [0, 0.1) is 5.41 Å². The van der Waals surface area contributed by atoms with E-state index in [1.54, 1.807) is 0 Å². The van der Waals surface area contributed by atoms with Gasteiger partial charge in [0.15, 0.2) is 17.2 Å².